The average Bonchev–Trinajstić information content (AvgIpc) is 2.35. The zero-order valence-corrected chi connectivity index (χ0v) is 12.0. The van der Waals surface area contributed by atoms with Crippen molar-refractivity contribution >= 4 is 0 Å². The molecule has 0 heterocycles. The number of hydrogen-bond acceptors (Lipinski definition) is 1. The molecule has 1 N–H and O–H groups in total. The Kier molecular flexibility index (Phi) is 5.70. The fraction of sp³-hybridized carbons (Fsp3) is 0.625. The molecular formula is C16H27N. The lowest BCUT2D eigenvalue weighted by Crippen LogP contribution is -2.34. The lowest BCUT2D eigenvalue weighted by Gasteiger charge is -2.26. The maximum atomic E-state index is 3.75. The molecule has 17 heavy (non-hydrogen) atoms. The van der Waals surface area contributed by atoms with Gasteiger partial charge in [0.05, 0.1) is 0 Å². The van der Waals surface area contributed by atoms with Gasteiger partial charge in [-0.1, -0.05) is 57.0 Å². The van der Waals surface area contributed by atoms with E-state index in [1.54, 1.807) is 0 Å². The van der Waals surface area contributed by atoms with E-state index in [4.69, 9.17) is 0 Å². The van der Waals surface area contributed by atoms with E-state index in [2.05, 4.69) is 64.2 Å². The van der Waals surface area contributed by atoms with Crippen molar-refractivity contribution in [2.24, 2.45) is 5.92 Å². The fourth-order valence-corrected chi connectivity index (χ4v) is 2.08. The van der Waals surface area contributed by atoms with Crippen molar-refractivity contribution in [3.05, 3.63) is 35.4 Å². The van der Waals surface area contributed by atoms with Gasteiger partial charge in [-0.25, -0.2) is 0 Å². The molecule has 0 spiro atoms. The summed E-state index contributed by atoms with van der Waals surface area (Å²) in [5.41, 5.74) is 2.74. The standard InChI is InChI=1S/C16H27N/c1-6-13(4)14(5)17-16(7-2)15-10-8-12(3)9-11-15/h8-11,13-14,16-17H,6-7H2,1-5H3. The molecule has 0 aliphatic heterocycles. The first-order chi connectivity index (χ1) is 8.08. The molecule has 1 aromatic carbocycles. The lowest BCUT2D eigenvalue weighted by atomic mass is 9.97. The Bertz CT molecular complexity index is 315. The summed E-state index contributed by atoms with van der Waals surface area (Å²) in [4.78, 5) is 0. The monoisotopic (exact) mass is 233 g/mol. The van der Waals surface area contributed by atoms with Crippen molar-refractivity contribution in [3.8, 4) is 0 Å². The molecule has 3 atom stereocenters. The molecule has 1 aromatic rings. The molecule has 0 amide bonds. The van der Waals surface area contributed by atoms with E-state index in [9.17, 15) is 0 Å². The highest BCUT2D eigenvalue weighted by atomic mass is 14.9. The SMILES string of the molecule is CCC(NC(C)C(C)CC)c1ccc(C)cc1. The molecule has 0 aromatic heterocycles. The molecule has 96 valence electrons. The van der Waals surface area contributed by atoms with Gasteiger partial charge in [0, 0.05) is 12.1 Å². The summed E-state index contributed by atoms with van der Waals surface area (Å²) in [7, 11) is 0. The summed E-state index contributed by atoms with van der Waals surface area (Å²) in [6.45, 7) is 11.3. The third-order valence-corrected chi connectivity index (χ3v) is 3.85. The summed E-state index contributed by atoms with van der Waals surface area (Å²) in [5, 5.41) is 3.75. The highest BCUT2D eigenvalue weighted by molar-refractivity contribution is 5.24. The third kappa shape index (κ3) is 4.16. The summed E-state index contributed by atoms with van der Waals surface area (Å²) >= 11 is 0. The summed E-state index contributed by atoms with van der Waals surface area (Å²) < 4.78 is 0. The molecule has 0 saturated carbocycles. The first kappa shape index (κ1) is 14.2. The maximum absolute atomic E-state index is 3.75. The molecule has 0 radical (unpaired) electrons. The normalized spacial score (nSPS) is 16.5. The Hall–Kier alpha value is -0.820. The Morgan fingerprint density at radius 2 is 1.59 bits per heavy atom. The van der Waals surface area contributed by atoms with Crippen molar-refractivity contribution in [1.29, 1.82) is 0 Å². The summed E-state index contributed by atoms with van der Waals surface area (Å²) in [6, 6.07) is 9.96. The first-order valence-electron chi connectivity index (χ1n) is 6.91. The van der Waals surface area contributed by atoms with Crippen LogP contribution in [0, 0.1) is 12.8 Å². The van der Waals surface area contributed by atoms with Crippen molar-refractivity contribution in [1.82, 2.24) is 5.32 Å². The highest BCUT2D eigenvalue weighted by Gasteiger charge is 2.15. The van der Waals surface area contributed by atoms with Crippen LogP contribution in [0.25, 0.3) is 0 Å². The van der Waals surface area contributed by atoms with Crippen LogP contribution in [-0.2, 0) is 0 Å². The summed E-state index contributed by atoms with van der Waals surface area (Å²) in [6.07, 6.45) is 2.38. The van der Waals surface area contributed by atoms with Crippen LogP contribution in [0.5, 0.6) is 0 Å². The van der Waals surface area contributed by atoms with Crippen LogP contribution >= 0.6 is 0 Å². The Morgan fingerprint density at radius 1 is 1.00 bits per heavy atom. The van der Waals surface area contributed by atoms with Gasteiger partial charge >= 0.3 is 0 Å². The van der Waals surface area contributed by atoms with Crippen LogP contribution < -0.4 is 5.32 Å². The van der Waals surface area contributed by atoms with Crippen LogP contribution in [0.15, 0.2) is 24.3 Å². The minimum Gasteiger partial charge on any atom is -0.307 e. The molecule has 0 aliphatic carbocycles. The first-order valence-corrected chi connectivity index (χ1v) is 6.91. The zero-order chi connectivity index (χ0) is 12.8. The smallest absolute Gasteiger partial charge is 0.0320 e. The number of hydrogen-bond donors (Lipinski definition) is 1. The minimum absolute atomic E-state index is 0.486. The highest BCUT2D eigenvalue weighted by Crippen LogP contribution is 2.20. The van der Waals surface area contributed by atoms with E-state index in [1.165, 1.54) is 17.5 Å². The molecule has 3 unspecified atom stereocenters. The largest absolute Gasteiger partial charge is 0.307 e. The van der Waals surface area contributed by atoms with Crippen molar-refractivity contribution < 1.29 is 0 Å². The molecular weight excluding hydrogens is 206 g/mol. The van der Waals surface area contributed by atoms with Crippen molar-refractivity contribution in [2.45, 2.75) is 59.5 Å². The summed E-state index contributed by atoms with van der Waals surface area (Å²) in [5.74, 6) is 0.731. The zero-order valence-electron chi connectivity index (χ0n) is 12.0. The molecule has 0 fully saturated rings. The third-order valence-electron chi connectivity index (χ3n) is 3.85. The average molecular weight is 233 g/mol. The van der Waals surface area contributed by atoms with Gasteiger partial charge in [0.25, 0.3) is 0 Å². The second-order valence-electron chi connectivity index (χ2n) is 5.21. The fourth-order valence-electron chi connectivity index (χ4n) is 2.08. The van der Waals surface area contributed by atoms with Crippen LogP contribution in [0.1, 0.15) is 57.7 Å². The number of benzene rings is 1. The van der Waals surface area contributed by atoms with Crippen molar-refractivity contribution in [3.63, 3.8) is 0 Å². The number of rotatable bonds is 6. The molecule has 1 rings (SSSR count). The van der Waals surface area contributed by atoms with Crippen LogP contribution in [0.3, 0.4) is 0 Å². The van der Waals surface area contributed by atoms with Gasteiger partial charge in [-0.15, -0.1) is 0 Å². The topological polar surface area (TPSA) is 12.0 Å². The Labute approximate surface area is 107 Å². The Morgan fingerprint density at radius 3 is 2.06 bits per heavy atom. The van der Waals surface area contributed by atoms with Gasteiger partial charge in [0.2, 0.25) is 0 Å². The second kappa shape index (κ2) is 6.80. The number of aryl methyl sites for hydroxylation is 1. The van der Waals surface area contributed by atoms with Gasteiger partial charge in [-0.2, -0.15) is 0 Å². The molecule has 0 saturated heterocycles. The van der Waals surface area contributed by atoms with E-state index in [0.29, 0.717) is 12.1 Å². The number of nitrogens with one attached hydrogen (secondary N) is 1. The van der Waals surface area contributed by atoms with E-state index in [-0.39, 0.29) is 0 Å². The van der Waals surface area contributed by atoms with Crippen LogP contribution in [-0.4, -0.2) is 6.04 Å². The van der Waals surface area contributed by atoms with Gasteiger partial charge in [0.1, 0.15) is 0 Å². The van der Waals surface area contributed by atoms with Gasteiger partial charge in [0.15, 0.2) is 0 Å². The predicted octanol–water partition coefficient (Wildman–Crippen LogP) is 4.47. The minimum atomic E-state index is 0.486. The maximum Gasteiger partial charge on any atom is 0.0320 e. The van der Waals surface area contributed by atoms with E-state index in [0.717, 1.165) is 12.3 Å². The van der Waals surface area contributed by atoms with Gasteiger partial charge < -0.3 is 5.32 Å². The van der Waals surface area contributed by atoms with Gasteiger partial charge in [-0.3, -0.25) is 0 Å². The van der Waals surface area contributed by atoms with Crippen LogP contribution in [0.4, 0.5) is 0 Å². The lowest BCUT2D eigenvalue weighted by molar-refractivity contribution is 0.345. The van der Waals surface area contributed by atoms with E-state index >= 15 is 0 Å². The van der Waals surface area contributed by atoms with Crippen molar-refractivity contribution in [2.75, 3.05) is 0 Å². The Balaban J connectivity index is 2.68. The molecule has 0 bridgehead atoms. The second-order valence-corrected chi connectivity index (χ2v) is 5.21. The predicted molar refractivity (Wildman–Crippen MR) is 76.3 cm³/mol. The molecule has 1 nitrogen and oxygen atoms in total. The quantitative estimate of drug-likeness (QED) is 0.764. The van der Waals surface area contributed by atoms with E-state index in [1.807, 2.05) is 0 Å². The van der Waals surface area contributed by atoms with E-state index < -0.39 is 0 Å². The van der Waals surface area contributed by atoms with Crippen LogP contribution in [0.2, 0.25) is 0 Å². The van der Waals surface area contributed by atoms with Gasteiger partial charge in [-0.05, 0) is 31.7 Å². The molecule has 0 aliphatic rings. The molecule has 1 heteroatoms.